The van der Waals surface area contributed by atoms with Crippen molar-refractivity contribution in [3.63, 3.8) is 0 Å². The second kappa shape index (κ2) is 5.85. The molecule has 86 valence electrons. The fraction of sp³-hybridized carbons (Fsp3) is 0.286. The molecule has 1 N–H and O–H groups in total. The normalized spacial score (nSPS) is 11.2. The van der Waals surface area contributed by atoms with E-state index in [0.717, 1.165) is 0 Å². The summed E-state index contributed by atoms with van der Waals surface area (Å²) in [6.45, 7) is 3.40. The second-order valence-electron chi connectivity index (χ2n) is 2.56. The van der Waals surface area contributed by atoms with E-state index in [-0.39, 0.29) is 24.0 Å². The van der Waals surface area contributed by atoms with Crippen LogP contribution in [0, 0.1) is 0 Å². The maximum Gasteiger partial charge on any atom is 0.355 e. The van der Waals surface area contributed by atoms with Crippen LogP contribution in [0.2, 0.25) is 0 Å². The Morgan fingerprint density at radius 1 is 1.75 bits per heavy atom. The van der Waals surface area contributed by atoms with E-state index in [4.69, 9.17) is 5.11 Å². The predicted molar refractivity (Wildman–Crippen MR) is 56.3 cm³/mol. The smallest absolute Gasteiger partial charge is 0.355 e. The van der Waals surface area contributed by atoms with Crippen molar-refractivity contribution in [2.45, 2.75) is 11.7 Å². The van der Waals surface area contributed by atoms with E-state index in [0.29, 0.717) is 0 Å². The van der Waals surface area contributed by atoms with Gasteiger partial charge in [-0.1, -0.05) is 17.8 Å². The zero-order valence-corrected chi connectivity index (χ0v) is 9.04. The molecule has 1 rings (SSSR count). The molecule has 0 amide bonds. The van der Waals surface area contributed by atoms with Crippen LogP contribution in [0.1, 0.15) is 0 Å². The van der Waals surface area contributed by atoms with Gasteiger partial charge in [0.1, 0.15) is 6.61 Å². The first kappa shape index (κ1) is 12.2. The molecule has 0 aromatic carbocycles. The molecule has 0 unspecified atom stereocenters. The number of carboxylic acid groups (broad SMARTS) is 1. The first-order valence-corrected chi connectivity index (χ1v) is 4.58. The minimum atomic E-state index is -1.22. The summed E-state index contributed by atoms with van der Waals surface area (Å²) >= 11 is 3.92. The summed E-state index contributed by atoms with van der Waals surface area (Å²) in [5.74, 6) is -1.22. The second-order valence-corrected chi connectivity index (χ2v) is 2.96. The number of hydrogen-bond donors (Lipinski definition) is 2. The highest BCUT2D eigenvalue weighted by atomic mass is 32.1. The highest BCUT2D eigenvalue weighted by Gasteiger charge is 2.14. The lowest BCUT2D eigenvalue weighted by molar-refractivity contribution is -0.129. The van der Waals surface area contributed by atoms with Gasteiger partial charge < -0.3 is 9.94 Å². The number of carbonyl (C=O) groups is 1. The summed E-state index contributed by atoms with van der Waals surface area (Å²) in [5, 5.41) is 22.8. The molecule has 0 aliphatic rings. The van der Waals surface area contributed by atoms with Gasteiger partial charge in [-0.2, -0.15) is 0 Å². The SMILES string of the molecule is C=CCON=C(Cn1nnnc1S)C(=O)O. The number of thiol groups is 1. The van der Waals surface area contributed by atoms with Crippen LogP contribution in [0.15, 0.2) is 23.0 Å². The van der Waals surface area contributed by atoms with Gasteiger partial charge in [0.15, 0.2) is 5.71 Å². The van der Waals surface area contributed by atoms with Crippen molar-refractivity contribution in [2.75, 3.05) is 6.61 Å². The fourth-order valence-corrected chi connectivity index (χ4v) is 0.898. The lowest BCUT2D eigenvalue weighted by atomic mass is 10.4. The van der Waals surface area contributed by atoms with Crippen molar-refractivity contribution in [3.05, 3.63) is 12.7 Å². The minimum absolute atomic E-state index is 0.125. The first-order valence-electron chi connectivity index (χ1n) is 4.13. The summed E-state index contributed by atoms with van der Waals surface area (Å²) in [4.78, 5) is 15.5. The molecule has 1 aromatic heterocycles. The Morgan fingerprint density at radius 3 is 3.00 bits per heavy atom. The zero-order chi connectivity index (χ0) is 12.0. The fourth-order valence-electron chi connectivity index (χ4n) is 0.748. The van der Waals surface area contributed by atoms with Gasteiger partial charge in [0.2, 0.25) is 5.16 Å². The number of nitrogens with zero attached hydrogens (tertiary/aromatic N) is 5. The lowest BCUT2D eigenvalue weighted by Crippen LogP contribution is -2.21. The Kier molecular flexibility index (Phi) is 4.45. The number of rotatable bonds is 6. The van der Waals surface area contributed by atoms with Crippen molar-refractivity contribution in [1.29, 1.82) is 0 Å². The molecule has 0 bridgehead atoms. The number of aromatic nitrogens is 4. The molecule has 0 fully saturated rings. The van der Waals surface area contributed by atoms with Crippen LogP contribution < -0.4 is 0 Å². The van der Waals surface area contributed by atoms with E-state index < -0.39 is 5.97 Å². The quantitative estimate of drug-likeness (QED) is 0.232. The molecule has 9 heteroatoms. The molecule has 0 atom stereocenters. The summed E-state index contributed by atoms with van der Waals surface area (Å²) in [5.41, 5.74) is -0.232. The minimum Gasteiger partial charge on any atom is -0.477 e. The van der Waals surface area contributed by atoms with Gasteiger partial charge in [0, 0.05) is 0 Å². The van der Waals surface area contributed by atoms with Gasteiger partial charge in [-0.3, -0.25) is 0 Å². The number of hydrogen-bond acceptors (Lipinski definition) is 7. The number of aliphatic carboxylic acids is 1. The van der Waals surface area contributed by atoms with Crippen LogP contribution in [-0.2, 0) is 16.2 Å². The van der Waals surface area contributed by atoms with Crippen molar-refractivity contribution >= 4 is 24.3 Å². The molecule has 0 aliphatic heterocycles. The maximum absolute atomic E-state index is 10.8. The van der Waals surface area contributed by atoms with Crippen LogP contribution in [0.5, 0.6) is 0 Å². The van der Waals surface area contributed by atoms with Crippen molar-refractivity contribution < 1.29 is 14.7 Å². The molecule has 0 saturated carbocycles. The van der Waals surface area contributed by atoms with E-state index in [2.05, 4.69) is 44.7 Å². The van der Waals surface area contributed by atoms with Crippen molar-refractivity contribution in [1.82, 2.24) is 20.2 Å². The average molecular weight is 243 g/mol. The Hall–Kier alpha value is -1.90. The first-order chi connectivity index (χ1) is 7.65. The van der Waals surface area contributed by atoms with E-state index in [1.54, 1.807) is 0 Å². The summed E-state index contributed by atoms with van der Waals surface area (Å²) in [6, 6.07) is 0. The maximum atomic E-state index is 10.8. The number of tetrazole rings is 1. The molecular formula is C7H9N5O3S. The Bertz CT molecular complexity index is 416. The van der Waals surface area contributed by atoms with Gasteiger partial charge >= 0.3 is 5.97 Å². The number of carboxylic acids is 1. The largest absolute Gasteiger partial charge is 0.477 e. The molecule has 1 heterocycles. The third-order valence-corrected chi connectivity index (χ3v) is 1.75. The van der Waals surface area contributed by atoms with E-state index in [9.17, 15) is 4.79 Å². The molecule has 0 spiro atoms. The molecular weight excluding hydrogens is 234 g/mol. The van der Waals surface area contributed by atoms with E-state index in [1.165, 1.54) is 10.8 Å². The molecule has 0 saturated heterocycles. The monoisotopic (exact) mass is 243 g/mol. The van der Waals surface area contributed by atoms with E-state index in [1.807, 2.05) is 0 Å². The molecule has 1 aromatic rings. The Labute approximate surface area is 96.0 Å². The van der Waals surface area contributed by atoms with Gasteiger partial charge in [-0.25, -0.2) is 9.48 Å². The summed E-state index contributed by atoms with van der Waals surface area (Å²) < 4.78 is 1.17. The zero-order valence-electron chi connectivity index (χ0n) is 8.15. The van der Waals surface area contributed by atoms with Crippen LogP contribution >= 0.6 is 12.6 Å². The van der Waals surface area contributed by atoms with E-state index >= 15 is 0 Å². The highest BCUT2D eigenvalue weighted by molar-refractivity contribution is 7.80. The van der Waals surface area contributed by atoms with Crippen LogP contribution in [0.4, 0.5) is 0 Å². The van der Waals surface area contributed by atoms with Crippen LogP contribution in [-0.4, -0.2) is 43.6 Å². The third-order valence-electron chi connectivity index (χ3n) is 1.43. The van der Waals surface area contributed by atoms with Crippen LogP contribution in [0.3, 0.4) is 0 Å². The summed E-state index contributed by atoms with van der Waals surface area (Å²) in [6.07, 6.45) is 1.45. The molecule has 16 heavy (non-hydrogen) atoms. The molecule has 8 nitrogen and oxygen atoms in total. The van der Waals surface area contributed by atoms with Gasteiger partial charge in [0.25, 0.3) is 0 Å². The predicted octanol–water partition coefficient (Wildman–Crippen LogP) is -0.395. The topological polar surface area (TPSA) is 102 Å². The molecule has 0 radical (unpaired) electrons. The lowest BCUT2D eigenvalue weighted by Gasteiger charge is -2.01. The van der Waals surface area contributed by atoms with Gasteiger partial charge in [-0.05, 0) is 10.4 Å². The van der Waals surface area contributed by atoms with Crippen molar-refractivity contribution in [2.24, 2.45) is 5.16 Å². The molecule has 0 aliphatic carbocycles. The van der Waals surface area contributed by atoms with Gasteiger partial charge in [-0.15, -0.1) is 17.7 Å². The number of oxime groups is 1. The van der Waals surface area contributed by atoms with Gasteiger partial charge in [0.05, 0.1) is 6.54 Å². The highest BCUT2D eigenvalue weighted by Crippen LogP contribution is 1.98. The third kappa shape index (κ3) is 3.35. The Morgan fingerprint density at radius 2 is 2.50 bits per heavy atom. The van der Waals surface area contributed by atoms with Crippen LogP contribution in [0.25, 0.3) is 0 Å². The Balaban J connectivity index is 2.72. The van der Waals surface area contributed by atoms with Crippen molar-refractivity contribution in [3.8, 4) is 0 Å². The summed E-state index contributed by atoms with van der Waals surface area (Å²) in [7, 11) is 0. The standard InChI is InChI=1S/C7H9N5O3S/c1-2-3-15-9-5(6(13)14)4-12-7(16)8-10-11-12/h2H,1,3-4H2,(H,13,14)(H,8,11,16). The average Bonchev–Trinajstić information content (AvgIpc) is 2.63.